The van der Waals surface area contributed by atoms with Crippen molar-refractivity contribution in [1.82, 2.24) is 9.71 Å². The number of aromatic amines is 1. The molecule has 1 fully saturated rings. The number of fused-ring (bicyclic) bond motifs is 1. The Labute approximate surface area is 167 Å². The highest BCUT2D eigenvalue weighted by atomic mass is 32.2. The first-order chi connectivity index (χ1) is 13.9. The Balaban J connectivity index is 1.43. The van der Waals surface area contributed by atoms with Gasteiger partial charge in [0.1, 0.15) is 0 Å². The number of H-pyrrole nitrogens is 1. The number of carbonyl (C=O) groups excluding carboxylic acids is 2. The van der Waals surface area contributed by atoms with Crippen molar-refractivity contribution >= 4 is 32.7 Å². The van der Waals surface area contributed by atoms with E-state index in [9.17, 15) is 18.0 Å². The SMILES string of the molecule is CCc1cccc2c(C(=O)COC(=O)c3ccc(S(=O)(=O)NC4CC4)o3)c[nH]c12. The number of sulfonamides is 1. The van der Waals surface area contributed by atoms with Crippen LogP contribution < -0.4 is 4.72 Å². The lowest BCUT2D eigenvalue weighted by atomic mass is 10.1. The van der Waals surface area contributed by atoms with E-state index in [1.807, 2.05) is 25.1 Å². The average Bonchev–Trinajstić information content (AvgIpc) is 3.21. The number of carbonyl (C=O) groups is 2. The number of nitrogens with one attached hydrogen (secondary N) is 2. The maximum atomic E-state index is 12.5. The van der Waals surface area contributed by atoms with Gasteiger partial charge in [-0.3, -0.25) is 4.79 Å². The number of esters is 1. The van der Waals surface area contributed by atoms with E-state index < -0.39 is 22.6 Å². The summed E-state index contributed by atoms with van der Waals surface area (Å²) < 4.78 is 36.8. The van der Waals surface area contributed by atoms with Crippen LogP contribution in [0, 0.1) is 0 Å². The molecule has 0 unspecified atom stereocenters. The lowest BCUT2D eigenvalue weighted by molar-refractivity contribution is 0.0439. The highest BCUT2D eigenvalue weighted by Gasteiger charge is 2.30. The number of hydrogen-bond acceptors (Lipinski definition) is 6. The molecule has 0 saturated heterocycles. The number of furan rings is 1. The first-order valence-electron chi connectivity index (χ1n) is 9.30. The number of ether oxygens (including phenoxy) is 1. The van der Waals surface area contributed by atoms with Crippen LogP contribution in [-0.4, -0.2) is 37.8 Å². The molecule has 3 aromatic rings. The third-order valence-electron chi connectivity index (χ3n) is 4.76. The molecule has 4 rings (SSSR count). The normalized spacial score (nSPS) is 14.2. The highest BCUT2D eigenvalue weighted by molar-refractivity contribution is 7.89. The molecule has 1 aliphatic carbocycles. The van der Waals surface area contributed by atoms with E-state index in [4.69, 9.17) is 9.15 Å². The predicted octanol–water partition coefficient (Wildman–Crippen LogP) is 2.80. The van der Waals surface area contributed by atoms with Crippen LogP contribution in [0.3, 0.4) is 0 Å². The molecule has 0 aliphatic heterocycles. The maximum Gasteiger partial charge on any atom is 0.374 e. The van der Waals surface area contributed by atoms with E-state index in [-0.39, 0.29) is 22.7 Å². The first-order valence-corrected chi connectivity index (χ1v) is 10.8. The molecular weight excluding hydrogens is 396 g/mol. The second-order valence-corrected chi connectivity index (χ2v) is 8.55. The van der Waals surface area contributed by atoms with Crippen molar-refractivity contribution in [3.05, 3.63) is 53.4 Å². The Bertz CT molecular complexity index is 1190. The number of ketones is 1. The fourth-order valence-corrected chi connectivity index (χ4v) is 4.31. The summed E-state index contributed by atoms with van der Waals surface area (Å²) in [6.45, 7) is 1.54. The summed E-state index contributed by atoms with van der Waals surface area (Å²) in [5.74, 6) is -1.55. The number of para-hydroxylation sites is 1. The second-order valence-electron chi connectivity index (χ2n) is 6.91. The van der Waals surface area contributed by atoms with Crippen LogP contribution >= 0.6 is 0 Å². The summed E-state index contributed by atoms with van der Waals surface area (Å²) in [5, 5.41) is 0.411. The van der Waals surface area contributed by atoms with Crippen molar-refractivity contribution in [3.8, 4) is 0 Å². The van der Waals surface area contributed by atoms with Gasteiger partial charge in [0.15, 0.2) is 6.61 Å². The second kappa shape index (κ2) is 7.49. The predicted molar refractivity (Wildman–Crippen MR) is 104 cm³/mol. The zero-order valence-corrected chi connectivity index (χ0v) is 16.5. The van der Waals surface area contributed by atoms with Crippen LogP contribution in [0.15, 0.2) is 46.0 Å². The highest BCUT2D eigenvalue weighted by Crippen LogP contribution is 2.24. The molecule has 1 aromatic carbocycles. The van der Waals surface area contributed by atoms with Gasteiger partial charge in [0.25, 0.3) is 10.0 Å². The Kier molecular flexibility index (Phi) is 5.01. The van der Waals surface area contributed by atoms with E-state index in [0.29, 0.717) is 5.56 Å². The maximum absolute atomic E-state index is 12.5. The van der Waals surface area contributed by atoms with E-state index in [1.165, 1.54) is 12.1 Å². The summed E-state index contributed by atoms with van der Waals surface area (Å²) >= 11 is 0. The van der Waals surface area contributed by atoms with Gasteiger partial charge in [-0.05, 0) is 37.0 Å². The molecule has 1 saturated carbocycles. The van der Waals surface area contributed by atoms with E-state index >= 15 is 0 Å². The molecule has 8 nitrogen and oxygen atoms in total. The number of aromatic nitrogens is 1. The monoisotopic (exact) mass is 416 g/mol. The smallest absolute Gasteiger partial charge is 0.374 e. The zero-order chi connectivity index (χ0) is 20.6. The van der Waals surface area contributed by atoms with Crippen LogP contribution in [0.1, 0.15) is 46.2 Å². The molecule has 0 amide bonds. The molecule has 0 atom stereocenters. The van der Waals surface area contributed by atoms with Gasteiger partial charge in [-0.15, -0.1) is 0 Å². The van der Waals surface area contributed by atoms with Gasteiger partial charge >= 0.3 is 5.97 Å². The molecule has 9 heteroatoms. The van der Waals surface area contributed by atoms with Crippen LogP contribution in [-0.2, 0) is 21.2 Å². The van der Waals surface area contributed by atoms with Crippen molar-refractivity contribution in [2.45, 2.75) is 37.3 Å². The molecule has 1 aliphatic rings. The minimum absolute atomic E-state index is 0.0810. The minimum atomic E-state index is -3.80. The lowest BCUT2D eigenvalue weighted by Gasteiger charge is -2.03. The van der Waals surface area contributed by atoms with Gasteiger partial charge < -0.3 is 14.1 Å². The summed E-state index contributed by atoms with van der Waals surface area (Å²) in [6, 6.07) is 8.01. The van der Waals surface area contributed by atoms with E-state index in [2.05, 4.69) is 9.71 Å². The topological polar surface area (TPSA) is 118 Å². The van der Waals surface area contributed by atoms with Crippen molar-refractivity contribution in [2.75, 3.05) is 6.61 Å². The number of hydrogen-bond donors (Lipinski definition) is 2. The molecule has 2 heterocycles. The summed E-state index contributed by atoms with van der Waals surface area (Å²) in [4.78, 5) is 27.8. The lowest BCUT2D eigenvalue weighted by Crippen LogP contribution is -2.25. The van der Waals surface area contributed by atoms with E-state index in [1.54, 1.807) is 6.20 Å². The Morgan fingerprint density at radius 2 is 2.03 bits per heavy atom. The van der Waals surface area contributed by atoms with Crippen molar-refractivity contribution in [1.29, 1.82) is 0 Å². The fourth-order valence-electron chi connectivity index (χ4n) is 3.08. The van der Waals surface area contributed by atoms with Gasteiger partial charge in [-0.2, -0.15) is 0 Å². The Morgan fingerprint density at radius 1 is 1.24 bits per heavy atom. The van der Waals surface area contributed by atoms with Crippen molar-refractivity contribution in [3.63, 3.8) is 0 Å². The van der Waals surface area contributed by atoms with Gasteiger partial charge in [0, 0.05) is 28.7 Å². The summed E-state index contributed by atoms with van der Waals surface area (Å²) in [7, 11) is -3.80. The molecule has 2 N–H and O–H groups in total. The quantitative estimate of drug-likeness (QED) is 0.431. The molecule has 152 valence electrons. The summed E-state index contributed by atoms with van der Waals surface area (Å²) in [5.41, 5.74) is 2.40. The van der Waals surface area contributed by atoms with Crippen LogP contribution in [0.2, 0.25) is 0 Å². The molecule has 0 radical (unpaired) electrons. The van der Waals surface area contributed by atoms with Crippen molar-refractivity contribution in [2.24, 2.45) is 0 Å². The van der Waals surface area contributed by atoms with Gasteiger partial charge in [0.2, 0.25) is 16.6 Å². The third-order valence-corrected chi connectivity index (χ3v) is 6.16. The van der Waals surface area contributed by atoms with Crippen LogP contribution in [0.5, 0.6) is 0 Å². The van der Waals surface area contributed by atoms with Crippen molar-refractivity contribution < 1.29 is 27.2 Å². The minimum Gasteiger partial charge on any atom is -0.451 e. The van der Waals surface area contributed by atoms with Crippen LogP contribution in [0.25, 0.3) is 10.9 Å². The molecule has 2 aromatic heterocycles. The zero-order valence-electron chi connectivity index (χ0n) is 15.7. The molecular formula is C20H20N2O6S. The number of aryl methyl sites for hydroxylation is 1. The first kappa shape index (κ1) is 19.4. The largest absolute Gasteiger partial charge is 0.451 e. The average molecular weight is 416 g/mol. The number of Topliss-reactive ketones (excluding diaryl/α,β-unsaturated/α-hetero) is 1. The number of benzene rings is 1. The standard InChI is InChI=1S/C20H20N2O6S/c1-2-12-4-3-5-14-15(10-21-19(12)14)16(23)11-27-20(24)17-8-9-18(28-17)29(25,26)22-13-6-7-13/h3-5,8-10,13,21-22H,2,6-7,11H2,1H3. The van der Waals surface area contributed by atoms with Gasteiger partial charge in [0.05, 0.1) is 0 Å². The van der Waals surface area contributed by atoms with Gasteiger partial charge in [-0.25, -0.2) is 17.9 Å². The number of rotatable bonds is 8. The fraction of sp³-hybridized carbons (Fsp3) is 0.300. The third kappa shape index (κ3) is 3.96. The molecule has 0 bridgehead atoms. The molecule has 0 spiro atoms. The van der Waals surface area contributed by atoms with E-state index in [0.717, 1.165) is 35.7 Å². The Morgan fingerprint density at radius 3 is 2.76 bits per heavy atom. The molecule has 29 heavy (non-hydrogen) atoms. The summed E-state index contributed by atoms with van der Waals surface area (Å²) in [6.07, 6.45) is 3.98. The Hall–Kier alpha value is -2.91. The van der Waals surface area contributed by atoms with Crippen LogP contribution in [0.4, 0.5) is 0 Å². The van der Waals surface area contributed by atoms with Gasteiger partial charge in [-0.1, -0.05) is 25.1 Å².